The van der Waals surface area contributed by atoms with Crippen molar-refractivity contribution in [2.75, 3.05) is 0 Å². The molecule has 0 aromatic rings. The highest BCUT2D eigenvalue weighted by molar-refractivity contribution is 6.00. The number of hydrogen-bond acceptors (Lipinski definition) is 6. The SMILES string of the molecule is CC1([C@H]2C[C@@H](O)[C@@]3(C)C4=C(C(=O)C[C@]23C)[C@@]2(C)CC[C@H](O)C(C)(C)[C@@H]2C[C@@H]4O)CCC(=O)O1. The molecule has 0 aromatic carbocycles. The first-order chi connectivity index (χ1) is 15.1. The molecule has 9 atom stereocenters. The van der Waals surface area contributed by atoms with E-state index in [4.69, 9.17) is 4.74 Å². The Morgan fingerprint density at radius 3 is 2.15 bits per heavy atom. The maximum Gasteiger partial charge on any atom is 0.306 e. The second-order valence-corrected chi connectivity index (χ2v) is 13.2. The van der Waals surface area contributed by atoms with Gasteiger partial charge in [0.2, 0.25) is 0 Å². The van der Waals surface area contributed by atoms with Crippen molar-refractivity contribution in [2.24, 2.45) is 33.5 Å². The Morgan fingerprint density at radius 1 is 0.879 bits per heavy atom. The number of ether oxygens (including phenoxy) is 1. The van der Waals surface area contributed by atoms with Crippen LogP contribution >= 0.6 is 0 Å². The minimum absolute atomic E-state index is 0.0259. The Labute approximate surface area is 196 Å². The van der Waals surface area contributed by atoms with E-state index in [9.17, 15) is 24.9 Å². The number of allylic oxidation sites excluding steroid dienone is 1. The average Bonchev–Trinajstić information content (AvgIpc) is 3.16. The molecular formula is C27H40O6. The van der Waals surface area contributed by atoms with Crippen molar-refractivity contribution >= 4 is 11.8 Å². The lowest BCUT2D eigenvalue weighted by Gasteiger charge is -2.62. The first kappa shape index (κ1) is 23.5. The van der Waals surface area contributed by atoms with E-state index in [1.54, 1.807) is 0 Å². The molecule has 0 aromatic heterocycles. The van der Waals surface area contributed by atoms with Crippen molar-refractivity contribution in [3.8, 4) is 0 Å². The molecule has 4 aliphatic carbocycles. The Bertz CT molecular complexity index is 952. The first-order valence-corrected chi connectivity index (χ1v) is 12.7. The summed E-state index contributed by atoms with van der Waals surface area (Å²) in [7, 11) is 0. The van der Waals surface area contributed by atoms with Crippen molar-refractivity contribution < 1.29 is 29.6 Å². The summed E-state index contributed by atoms with van der Waals surface area (Å²) in [5.41, 5.74) is -1.57. The Hall–Kier alpha value is -1.24. The lowest BCUT2D eigenvalue weighted by molar-refractivity contribution is -0.159. The summed E-state index contributed by atoms with van der Waals surface area (Å²) in [6.45, 7) is 12.3. The highest BCUT2D eigenvalue weighted by Crippen LogP contribution is 2.72. The molecule has 3 fully saturated rings. The topological polar surface area (TPSA) is 104 Å². The number of hydrogen-bond donors (Lipinski definition) is 3. The number of rotatable bonds is 1. The lowest BCUT2D eigenvalue weighted by atomic mass is 9.42. The van der Waals surface area contributed by atoms with Gasteiger partial charge in [-0.15, -0.1) is 0 Å². The summed E-state index contributed by atoms with van der Waals surface area (Å²) in [6, 6.07) is 0. The van der Waals surface area contributed by atoms with E-state index in [0.29, 0.717) is 44.1 Å². The van der Waals surface area contributed by atoms with Crippen LogP contribution in [-0.2, 0) is 14.3 Å². The summed E-state index contributed by atoms with van der Waals surface area (Å²) < 4.78 is 5.82. The molecule has 33 heavy (non-hydrogen) atoms. The first-order valence-electron chi connectivity index (χ1n) is 12.7. The van der Waals surface area contributed by atoms with Gasteiger partial charge >= 0.3 is 5.97 Å². The predicted octanol–water partition coefficient (Wildman–Crippen LogP) is 3.31. The molecule has 0 bridgehead atoms. The zero-order chi connectivity index (χ0) is 24.4. The molecule has 2 saturated carbocycles. The van der Waals surface area contributed by atoms with Crippen LogP contribution in [-0.4, -0.2) is 51.0 Å². The second-order valence-electron chi connectivity index (χ2n) is 13.2. The Balaban J connectivity index is 1.68. The van der Waals surface area contributed by atoms with Gasteiger partial charge in [-0.25, -0.2) is 0 Å². The van der Waals surface area contributed by atoms with E-state index in [1.807, 2.05) is 27.7 Å². The van der Waals surface area contributed by atoms with E-state index in [1.165, 1.54) is 0 Å². The van der Waals surface area contributed by atoms with E-state index >= 15 is 0 Å². The Morgan fingerprint density at radius 2 is 1.55 bits per heavy atom. The summed E-state index contributed by atoms with van der Waals surface area (Å²) in [5, 5.41) is 34.0. The maximum absolute atomic E-state index is 14.0. The zero-order valence-corrected chi connectivity index (χ0v) is 20.9. The van der Waals surface area contributed by atoms with Crippen molar-refractivity contribution in [1.29, 1.82) is 0 Å². The van der Waals surface area contributed by atoms with Crippen molar-refractivity contribution in [3.05, 3.63) is 11.1 Å². The molecule has 1 saturated heterocycles. The number of cyclic esters (lactones) is 1. The number of carbonyl (C=O) groups is 2. The monoisotopic (exact) mass is 460 g/mol. The molecule has 6 nitrogen and oxygen atoms in total. The second kappa shape index (κ2) is 6.70. The van der Waals surface area contributed by atoms with Crippen LogP contribution in [0, 0.1) is 33.5 Å². The van der Waals surface area contributed by atoms with Gasteiger partial charge in [0, 0.05) is 29.7 Å². The van der Waals surface area contributed by atoms with Crippen LogP contribution < -0.4 is 0 Å². The molecule has 5 rings (SSSR count). The van der Waals surface area contributed by atoms with Gasteiger partial charge < -0.3 is 20.1 Å². The Kier molecular flexibility index (Phi) is 4.77. The van der Waals surface area contributed by atoms with Crippen LogP contribution in [0.3, 0.4) is 0 Å². The fourth-order valence-electron chi connectivity index (χ4n) is 9.35. The third kappa shape index (κ3) is 2.66. The molecule has 0 radical (unpaired) electrons. The molecular weight excluding hydrogens is 420 g/mol. The van der Waals surface area contributed by atoms with Crippen molar-refractivity contribution in [1.82, 2.24) is 0 Å². The molecule has 1 aliphatic heterocycles. The molecule has 3 N–H and O–H groups in total. The number of Topliss-reactive ketones (excluding diaryl/α,β-unsaturated/α-hetero) is 1. The average molecular weight is 461 g/mol. The number of carbonyl (C=O) groups excluding carboxylic acids is 2. The quantitative estimate of drug-likeness (QED) is 0.519. The zero-order valence-electron chi connectivity index (χ0n) is 20.9. The fourth-order valence-corrected chi connectivity index (χ4v) is 9.35. The van der Waals surface area contributed by atoms with Gasteiger partial charge in [0.1, 0.15) is 5.60 Å². The standard InChI is InChI=1S/C27H40O6/c1-23(2)16-11-14(28)22-21(24(16,3)9-7-18(23)30)15(29)13-25(4)17(12-19(31)27(22,25)6)26(5)10-8-20(32)33-26/h14,16-19,28,30-31H,7-13H2,1-6H3/t14-,16-,17-,18-,19+,24-,25+,26?,27-/m0/s1. The number of esters is 1. The maximum atomic E-state index is 14.0. The van der Waals surface area contributed by atoms with Crippen LogP contribution in [0.15, 0.2) is 11.1 Å². The largest absolute Gasteiger partial charge is 0.459 e. The smallest absolute Gasteiger partial charge is 0.306 e. The predicted molar refractivity (Wildman–Crippen MR) is 122 cm³/mol. The molecule has 5 aliphatic rings. The molecule has 0 spiro atoms. The van der Waals surface area contributed by atoms with Crippen LogP contribution in [0.1, 0.15) is 86.5 Å². The summed E-state index contributed by atoms with van der Waals surface area (Å²) in [6.07, 6.45) is 1.40. The van der Waals surface area contributed by atoms with Crippen LogP contribution in [0.4, 0.5) is 0 Å². The summed E-state index contributed by atoms with van der Waals surface area (Å²) in [5.74, 6) is -0.364. The lowest BCUT2D eigenvalue weighted by Crippen LogP contribution is -2.61. The van der Waals surface area contributed by atoms with Crippen LogP contribution in [0.5, 0.6) is 0 Å². The number of fused-ring (bicyclic) bond motifs is 4. The number of aliphatic hydroxyl groups excluding tert-OH is 3. The van der Waals surface area contributed by atoms with E-state index in [-0.39, 0.29) is 30.0 Å². The molecule has 184 valence electrons. The highest BCUT2D eigenvalue weighted by Gasteiger charge is 2.72. The third-order valence-corrected chi connectivity index (χ3v) is 11.5. The van der Waals surface area contributed by atoms with Gasteiger partial charge in [-0.2, -0.15) is 0 Å². The number of aliphatic hydroxyl groups is 3. The van der Waals surface area contributed by atoms with E-state index in [0.717, 1.165) is 5.57 Å². The third-order valence-electron chi connectivity index (χ3n) is 11.5. The van der Waals surface area contributed by atoms with Gasteiger partial charge in [-0.3, -0.25) is 9.59 Å². The summed E-state index contributed by atoms with van der Waals surface area (Å²) in [4.78, 5) is 26.1. The van der Waals surface area contributed by atoms with Crippen molar-refractivity contribution in [2.45, 2.75) is 110 Å². The summed E-state index contributed by atoms with van der Waals surface area (Å²) >= 11 is 0. The molecule has 1 heterocycles. The molecule has 1 unspecified atom stereocenters. The van der Waals surface area contributed by atoms with E-state index < -0.39 is 45.6 Å². The van der Waals surface area contributed by atoms with Gasteiger partial charge in [-0.05, 0) is 66.8 Å². The normalized spacial score (nSPS) is 53.4. The van der Waals surface area contributed by atoms with E-state index in [2.05, 4.69) is 13.8 Å². The van der Waals surface area contributed by atoms with Gasteiger partial charge in [0.05, 0.1) is 18.3 Å². The fraction of sp³-hybridized carbons (Fsp3) is 0.852. The minimum Gasteiger partial charge on any atom is -0.459 e. The van der Waals surface area contributed by atoms with Gasteiger partial charge in [0.15, 0.2) is 5.78 Å². The van der Waals surface area contributed by atoms with Gasteiger partial charge in [0.25, 0.3) is 0 Å². The molecule has 0 amide bonds. The van der Waals surface area contributed by atoms with Crippen LogP contribution in [0.25, 0.3) is 0 Å². The van der Waals surface area contributed by atoms with Crippen molar-refractivity contribution in [3.63, 3.8) is 0 Å². The highest BCUT2D eigenvalue weighted by atomic mass is 16.6. The van der Waals surface area contributed by atoms with Crippen LogP contribution in [0.2, 0.25) is 0 Å². The minimum atomic E-state index is -0.844. The van der Waals surface area contributed by atoms with Gasteiger partial charge in [-0.1, -0.05) is 34.6 Å². The molecule has 6 heteroatoms. The number of ketones is 1.